The number of aromatic nitrogens is 1. The van der Waals surface area contributed by atoms with E-state index in [1.54, 1.807) is 13.3 Å². The summed E-state index contributed by atoms with van der Waals surface area (Å²) in [4.78, 5) is 4.55. The molecular formula is C19H19N3O2S. The van der Waals surface area contributed by atoms with Crippen molar-refractivity contribution in [3.63, 3.8) is 0 Å². The van der Waals surface area contributed by atoms with Gasteiger partial charge >= 0.3 is 0 Å². The van der Waals surface area contributed by atoms with Gasteiger partial charge in [-0.15, -0.1) is 11.3 Å². The van der Waals surface area contributed by atoms with Gasteiger partial charge in [0.2, 0.25) is 5.13 Å². The van der Waals surface area contributed by atoms with Crippen LogP contribution < -0.4 is 14.9 Å². The second kappa shape index (κ2) is 8.30. The average Bonchev–Trinajstić information content (AvgIpc) is 3.12. The van der Waals surface area contributed by atoms with Crippen molar-refractivity contribution in [2.45, 2.75) is 6.92 Å². The largest absolute Gasteiger partial charge is 0.497 e. The first-order chi connectivity index (χ1) is 12.3. The number of nitrogens with zero attached hydrogens (tertiary/aromatic N) is 2. The zero-order chi connectivity index (χ0) is 17.5. The molecule has 1 heterocycles. The first-order valence-electron chi connectivity index (χ1n) is 7.91. The molecule has 0 bridgehead atoms. The van der Waals surface area contributed by atoms with E-state index in [1.165, 1.54) is 11.3 Å². The zero-order valence-electron chi connectivity index (χ0n) is 14.1. The zero-order valence-corrected chi connectivity index (χ0v) is 14.9. The summed E-state index contributed by atoms with van der Waals surface area (Å²) in [7, 11) is 1.65. The highest BCUT2D eigenvalue weighted by Gasteiger charge is 2.05. The summed E-state index contributed by atoms with van der Waals surface area (Å²) in [5.41, 5.74) is 5.78. The fourth-order valence-corrected chi connectivity index (χ4v) is 2.94. The van der Waals surface area contributed by atoms with Gasteiger partial charge in [-0.25, -0.2) is 4.98 Å². The lowest BCUT2D eigenvalue weighted by molar-refractivity contribution is 0.340. The first kappa shape index (κ1) is 17.0. The van der Waals surface area contributed by atoms with Crippen LogP contribution in [0, 0.1) is 0 Å². The summed E-state index contributed by atoms with van der Waals surface area (Å²) in [6.07, 6.45) is 1.73. The minimum Gasteiger partial charge on any atom is -0.497 e. The van der Waals surface area contributed by atoms with Gasteiger partial charge in [0, 0.05) is 16.5 Å². The number of hydrogen-bond donors (Lipinski definition) is 1. The highest BCUT2D eigenvalue weighted by Crippen LogP contribution is 2.27. The maximum Gasteiger partial charge on any atom is 0.203 e. The maximum atomic E-state index is 5.58. The van der Waals surface area contributed by atoms with Gasteiger partial charge in [0.1, 0.15) is 11.5 Å². The van der Waals surface area contributed by atoms with Crippen molar-refractivity contribution in [1.29, 1.82) is 0 Å². The average molecular weight is 353 g/mol. The molecule has 0 aliphatic rings. The minimum absolute atomic E-state index is 0.620. The van der Waals surface area contributed by atoms with Crippen LogP contribution in [0.15, 0.2) is 59.0 Å². The second-order valence-corrected chi connectivity index (χ2v) is 5.97. The fourth-order valence-electron chi connectivity index (χ4n) is 2.27. The predicted molar refractivity (Wildman–Crippen MR) is 103 cm³/mol. The van der Waals surface area contributed by atoms with Crippen LogP contribution in [0.3, 0.4) is 0 Å². The van der Waals surface area contributed by atoms with Gasteiger partial charge in [-0.2, -0.15) is 5.10 Å². The van der Waals surface area contributed by atoms with E-state index < -0.39 is 0 Å². The summed E-state index contributed by atoms with van der Waals surface area (Å²) in [6, 6.07) is 15.6. The molecule has 0 radical (unpaired) electrons. The van der Waals surface area contributed by atoms with Gasteiger partial charge < -0.3 is 9.47 Å². The molecule has 0 aliphatic carbocycles. The van der Waals surface area contributed by atoms with Crippen LogP contribution in [0.2, 0.25) is 0 Å². The molecular weight excluding hydrogens is 334 g/mol. The van der Waals surface area contributed by atoms with Crippen molar-refractivity contribution in [2.24, 2.45) is 5.10 Å². The first-order valence-corrected chi connectivity index (χ1v) is 8.79. The normalized spacial score (nSPS) is 10.8. The van der Waals surface area contributed by atoms with Gasteiger partial charge in [0.05, 0.1) is 25.6 Å². The Hall–Kier alpha value is -2.86. The smallest absolute Gasteiger partial charge is 0.203 e. The Morgan fingerprint density at radius 3 is 2.92 bits per heavy atom. The van der Waals surface area contributed by atoms with E-state index in [9.17, 15) is 0 Å². The quantitative estimate of drug-likeness (QED) is 0.496. The van der Waals surface area contributed by atoms with Crippen LogP contribution in [-0.4, -0.2) is 24.9 Å². The predicted octanol–water partition coefficient (Wildman–Crippen LogP) is 4.66. The van der Waals surface area contributed by atoms with E-state index in [2.05, 4.69) is 15.5 Å². The van der Waals surface area contributed by atoms with E-state index in [-0.39, 0.29) is 0 Å². The van der Waals surface area contributed by atoms with Crippen molar-refractivity contribution in [2.75, 3.05) is 19.1 Å². The Morgan fingerprint density at radius 2 is 2.08 bits per heavy atom. The topological polar surface area (TPSA) is 55.7 Å². The molecule has 128 valence electrons. The summed E-state index contributed by atoms with van der Waals surface area (Å²) in [5, 5.41) is 6.98. The van der Waals surface area contributed by atoms with Crippen LogP contribution in [0.1, 0.15) is 12.5 Å². The molecule has 3 rings (SSSR count). The highest BCUT2D eigenvalue weighted by atomic mass is 32.1. The Kier molecular flexibility index (Phi) is 5.64. The van der Waals surface area contributed by atoms with Crippen molar-refractivity contribution in [3.05, 3.63) is 59.5 Å². The van der Waals surface area contributed by atoms with Crippen molar-refractivity contribution in [3.8, 4) is 22.8 Å². The molecule has 1 aromatic heterocycles. The molecule has 0 aliphatic heterocycles. The lowest BCUT2D eigenvalue weighted by Crippen LogP contribution is -1.97. The van der Waals surface area contributed by atoms with Crippen molar-refractivity contribution >= 4 is 22.7 Å². The maximum absolute atomic E-state index is 5.58. The van der Waals surface area contributed by atoms with E-state index >= 15 is 0 Å². The van der Waals surface area contributed by atoms with Gasteiger partial charge in [-0.3, -0.25) is 5.43 Å². The van der Waals surface area contributed by atoms with Gasteiger partial charge in [-0.1, -0.05) is 24.3 Å². The number of nitrogens with one attached hydrogen (secondary N) is 1. The third-order valence-corrected chi connectivity index (χ3v) is 4.20. The molecule has 5 nitrogen and oxygen atoms in total. The van der Waals surface area contributed by atoms with E-state index in [1.807, 2.05) is 60.8 Å². The Morgan fingerprint density at radius 1 is 1.20 bits per heavy atom. The lowest BCUT2D eigenvalue weighted by Gasteiger charge is -2.05. The van der Waals surface area contributed by atoms with E-state index in [0.29, 0.717) is 6.61 Å². The molecule has 6 heteroatoms. The molecule has 25 heavy (non-hydrogen) atoms. The van der Waals surface area contributed by atoms with E-state index in [0.717, 1.165) is 33.5 Å². The number of ether oxygens (including phenoxy) is 2. The molecule has 0 amide bonds. The Bertz CT molecular complexity index is 861. The Labute approximate surface area is 151 Å². The Balaban J connectivity index is 1.70. The number of hydrogen-bond acceptors (Lipinski definition) is 6. The fraction of sp³-hybridized carbons (Fsp3) is 0.158. The molecule has 1 N–H and O–H groups in total. The molecule has 0 saturated carbocycles. The lowest BCUT2D eigenvalue weighted by atomic mass is 10.2. The number of rotatable bonds is 7. The summed E-state index contributed by atoms with van der Waals surface area (Å²) in [5.74, 6) is 1.62. The summed E-state index contributed by atoms with van der Waals surface area (Å²) < 4.78 is 10.8. The molecule has 0 unspecified atom stereocenters. The molecule has 0 saturated heterocycles. The molecule has 0 fully saturated rings. The summed E-state index contributed by atoms with van der Waals surface area (Å²) in [6.45, 7) is 2.58. The monoisotopic (exact) mass is 353 g/mol. The van der Waals surface area contributed by atoms with Crippen LogP contribution in [0.5, 0.6) is 11.5 Å². The second-order valence-electron chi connectivity index (χ2n) is 5.11. The molecule has 0 spiro atoms. The third kappa shape index (κ3) is 4.36. The molecule has 0 atom stereocenters. The third-order valence-electron chi connectivity index (χ3n) is 3.45. The van der Waals surface area contributed by atoms with Crippen LogP contribution in [0.4, 0.5) is 5.13 Å². The standard InChI is InChI=1S/C19H19N3O2S/c1-3-24-18-10-5-4-7-15(18)12-20-22-19-21-17(13-25-19)14-8-6-9-16(11-14)23-2/h4-13H,3H2,1-2H3,(H,21,22)/b20-12-. The SMILES string of the molecule is CCOc1ccccc1/C=N\Nc1nc(-c2cccc(OC)c2)cs1. The van der Waals surface area contributed by atoms with Crippen LogP contribution in [-0.2, 0) is 0 Å². The van der Waals surface area contributed by atoms with Gasteiger partial charge in [0.25, 0.3) is 0 Å². The number of hydrazone groups is 1. The number of thiazole rings is 1. The highest BCUT2D eigenvalue weighted by molar-refractivity contribution is 7.14. The van der Waals surface area contributed by atoms with Crippen LogP contribution in [0.25, 0.3) is 11.3 Å². The van der Waals surface area contributed by atoms with Crippen molar-refractivity contribution < 1.29 is 9.47 Å². The number of benzene rings is 2. The van der Waals surface area contributed by atoms with Gasteiger partial charge in [0.15, 0.2) is 0 Å². The van der Waals surface area contributed by atoms with E-state index in [4.69, 9.17) is 9.47 Å². The minimum atomic E-state index is 0.620. The number of anilines is 1. The number of para-hydroxylation sites is 1. The van der Waals surface area contributed by atoms with Crippen molar-refractivity contribution in [1.82, 2.24) is 4.98 Å². The molecule has 2 aromatic carbocycles. The molecule has 3 aromatic rings. The van der Waals surface area contributed by atoms with Gasteiger partial charge in [-0.05, 0) is 31.2 Å². The summed E-state index contributed by atoms with van der Waals surface area (Å²) >= 11 is 1.50. The van der Waals surface area contributed by atoms with Crippen LogP contribution >= 0.6 is 11.3 Å². The number of methoxy groups -OCH3 is 1.